The molecule has 6 nitrogen and oxygen atoms in total. The molecule has 0 amide bonds. The lowest BCUT2D eigenvalue weighted by Crippen LogP contribution is -2.18. The van der Waals surface area contributed by atoms with E-state index in [0.717, 1.165) is 17.9 Å². The maximum absolute atomic E-state index is 5.65. The molecule has 0 aliphatic heterocycles. The van der Waals surface area contributed by atoms with Crippen molar-refractivity contribution >= 4 is 34.7 Å². The summed E-state index contributed by atoms with van der Waals surface area (Å²) in [5.41, 5.74) is 7.07. The van der Waals surface area contributed by atoms with E-state index in [1.54, 1.807) is 6.33 Å². The number of fused-ring (bicyclic) bond motifs is 1. The van der Waals surface area contributed by atoms with Crippen LogP contribution in [0.5, 0.6) is 0 Å². The number of nitrogen functional groups attached to an aromatic ring is 1. The third-order valence-electron chi connectivity index (χ3n) is 3.12. The van der Waals surface area contributed by atoms with Gasteiger partial charge in [-0.05, 0) is 19.1 Å². The predicted molar refractivity (Wildman–Crippen MR) is 70.1 cm³/mol. The number of H-pyrrole nitrogens is 1. The van der Waals surface area contributed by atoms with E-state index in [4.69, 9.17) is 5.73 Å². The van der Waals surface area contributed by atoms with Crippen molar-refractivity contribution in [1.82, 2.24) is 19.9 Å². The number of hydrogen-bond acceptors (Lipinski definition) is 6. The van der Waals surface area contributed by atoms with E-state index < -0.39 is 0 Å². The monoisotopic (exact) mass is 250 g/mol. The molecule has 3 rings (SSSR count). The molecule has 0 radical (unpaired) electrons. The second kappa shape index (κ2) is 3.76. The summed E-state index contributed by atoms with van der Waals surface area (Å²) in [5, 5.41) is 3.35. The Morgan fingerprint density at radius 3 is 3.06 bits per heavy atom. The maximum atomic E-state index is 5.65. The molecule has 4 N–H and O–H groups in total. The fourth-order valence-electron chi connectivity index (χ4n) is 1.82. The van der Waals surface area contributed by atoms with Gasteiger partial charge in [-0.15, -0.1) is 0 Å². The minimum absolute atomic E-state index is 0.251. The molecule has 0 spiro atoms. The summed E-state index contributed by atoms with van der Waals surface area (Å²) in [6.07, 6.45) is 6.27. The molecule has 1 fully saturated rings. The highest BCUT2D eigenvalue weighted by Gasteiger charge is 2.41. The molecule has 0 atom stereocenters. The highest BCUT2D eigenvalue weighted by Crippen LogP contribution is 2.47. The zero-order valence-corrected chi connectivity index (χ0v) is 10.3. The van der Waals surface area contributed by atoms with E-state index >= 15 is 0 Å². The van der Waals surface area contributed by atoms with Crippen LogP contribution < -0.4 is 11.1 Å². The van der Waals surface area contributed by atoms with Crippen LogP contribution in [0.4, 0.5) is 11.8 Å². The van der Waals surface area contributed by atoms with Gasteiger partial charge in [-0.1, -0.05) is 0 Å². The van der Waals surface area contributed by atoms with Gasteiger partial charge in [-0.25, -0.2) is 4.98 Å². The number of thioether (sulfide) groups is 1. The first kappa shape index (κ1) is 10.6. The number of rotatable bonds is 4. The number of imidazole rings is 1. The Bertz CT molecular complexity index is 547. The molecule has 1 saturated carbocycles. The Balaban J connectivity index is 1.86. The molecule has 17 heavy (non-hydrogen) atoms. The lowest BCUT2D eigenvalue weighted by atomic mass is 10.4. The van der Waals surface area contributed by atoms with Crippen molar-refractivity contribution in [3.8, 4) is 0 Å². The smallest absolute Gasteiger partial charge is 0.224 e. The van der Waals surface area contributed by atoms with Crippen LogP contribution in [0.25, 0.3) is 11.2 Å². The fraction of sp³-hybridized carbons (Fsp3) is 0.500. The summed E-state index contributed by atoms with van der Waals surface area (Å²) in [4.78, 5) is 15.4. The molecule has 1 aliphatic carbocycles. The minimum Gasteiger partial charge on any atom is -0.368 e. The third-order valence-corrected chi connectivity index (χ3v) is 4.54. The van der Waals surface area contributed by atoms with E-state index in [1.807, 2.05) is 11.8 Å². The van der Waals surface area contributed by atoms with E-state index in [9.17, 15) is 0 Å². The molecule has 0 unspecified atom stereocenters. The van der Waals surface area contributed by atoms with Crippen LogP contribution in [-0.4, -0.2) is 37.5 Å². The molecule has 90 valence electrons. The SMILES string of the molecule is CSC1(CNc2nc(N)nc3nc[nH]c23)CC1. The Kier molecular flexibility index (Phi) is 2.36. The fourth-order valence-corrected chi connectivity index (χ4v) is 2.54. The molecule has 0 saturated heterocycles. The minimum atomic E-state index is 0.251. The first-order chi connectivity index (χ1) is 8.22. The second-order valence-electron chi connectivity index (χ2n) is 4.27. The van der Waals surface area contributed by atoms with Gasteiger partial charge in [0.25, 0.3) is 0 Å². The maximum Gasteiger partial charge on any atom is 0.224 e. The van der Waals surface area contributed by atoms with E-state index in [1.165, 1.54) is 12.8 Å². The molecule has 2 aromatic heterocycles. The summed E-state index contributed by atoms with van der Waals surface area (Å²) in [6.45, 7) is 0.902. The van der Waals surface area contributed by atoms with Gasteiger partial charge in [0, 0.05) is 11.3 Å². The lowest BCUT2D eigenvalue weighted by molar-refractivity contribution is 0.941. The average Bonchev–Trinajstić information content (AvgIpc) is 2.96. The number of hydrogen-bond donors (Lipinski definition) is 3. The topological polar surface area (TPSA) is 92.5 Å². The molecular weight excluding hydrogens is 236 g/mol. The zero-order chi connectivity index (χ0) is 11.9. The second-order valence-corrected chi connectivity index (χ2v) is 5.55. The van der Waals surface area contributed by atoms with Crippen molar-refractivity contribution in [1.29, 1.82) is 0 Å². The average molecular weight is 250 g/mol. The molecule has 2 heterocycles. The number of anilines is 2. The van der Waals surface area contributed by atoms with Gasteiger partial charge in [-0.3, -0.25) is 0 Å². The van der Waals surface area contributed by atoms with Gasteiger partial charge in [-0.2, -0.15) is 21.7 Å². The zero-order valence-electron chi connectivity index (χ0n) is 9.53. The Labute approximate surface area is 103 Å². The first-order valence-corrected chi connectivity index (χ1v) is 6.70. The molecular formula is C10H14N6S. The number of aromatic amines is 1. The van der Waals surface area contributed by atoms with E-state index in [-0.39, 0.29) is 5.95 Å². The van der Waals surface area contributed by atoms with Crippen LogP contribution in [0.2, 0.25) is 0 Å². The van der Waals surface area contributed by atoms with Crippen LogP contribution in [0, 0.1) is 0 Å². The molecule has 2 aromatic rings. The van der Waals surface area contributed by atoms with Crippen LogP contribution >= 0.6 is 11.8 Å². The standard InChI is InChI=1S/C10H14N6S/c1-17-10(2-3-10)4-12-7-6-8(14-5-13-6)16-9(11)15-7/h5H,2-4H2,1H3,(H4,11,12,13,14,15,16). The Morgan fingerprint density at radius 1 is 1.53 bits per heavy atom. The van der Waals surface area contributed by atoms with Crippen molar-refractivity contribution < 1.29 is 0 Å². The quantitative estimate of drug-likeness (QED) is 0.756. The van der Waals surface area contributed by atoms with Crippen LogP contribution in [0.15, 0.2) is 6.33 Å². The van der Waals surface area contributed by atoms with Crippen molar-refractivity contribution in [2.24, 2.45) is 0 Å². The van der Waals surface area contributed by atoms with Gasteiger partial charge in [0.2, 0.25) is 5.95 Å². The Morgan fingerprint density at radius 2 is 2.35 bits per heavy atom. The number of nitrogens with two attached hydrogens (primary N) is 1. The molecule has 7 heteroatoms. The third kappa shape index (κ3) is 1.90. The van der Waals surface area contributed by atoms with E-state index in [0.29, 0.717) is 10.4 Å². The van der Waals surface area contributed by atoms with Crippen LogP contribution in [0.1, 0.15) is 12.8 Å². The summed E-state index contributed by atoms with van der Waals surface area (Å²) in [6, 6.07) is 0. The number of nitrogens with zero attached hydrogens (tertiary/aromatic N) is 3. The van der Waals surface area contributed by atoms with Crippen molar-refractivity contribution in [3.05, 3.63) is 6.33 Å². The van der Waals surface area contributed by atoms with Crippen LogP contribution in [0.3, 0.4) is 0 Å². The lowest BCUT2D eigenvalue weighted by Gasteiger charge is -2.13. The highest BCUT2D eigenvalue weighted by molar-refractivity contribution is 8.00. The summed E-state index contributed by atoms with van der Waals surface area (Å²) >= 11 is 1.91. The first-order valence-electron chi connectivity index (χ1n) is 5.48. The molecule has 0 aromatic carbocycles. The normalized spacial score (nSPS) is 17.2. The van der Waals surface area contributed by atoms with Crippen molar-refractivity contribution in [2.75, 3.05) is 23.9 Å². The predicted octanol–water partition coefficient (Wildman–Crippen LogP) is 1.24. The van der Waals surface area contributed by atoms with Crippen molar-refractivity contribution in [2.45, 2.75) is 17.6 Å². The molecule has 1 aliphatic rings. The largest absolute Gasteiger partial charge is 0.368 e. The summed E-state index contributed by atoms with van der Waals surface area (Å²) < 4.78 is 0.381. The Hall–Kier alpha value is -1.50. The number of aromatic nitrogens is 4. The van der Waals surface area contributed by atoms with Gasteiger partial charge >= 0.3 is 0 Å². The van der Waals surface area contributed by atoms with Gasteiger partial charge in [0.15, 0.2) is 11.5 Å². The van der Waals surface area contributed by atoms with Crippen molar-refractivity contribution in [3.63, 3.8) is 0 Å². The highest BCUT2D eigenvalue weighted by atomic mass is 32.2. The van der Waals surface area contributed by atoms with Gasteiger partial charge < -0.3 is 16.0 Å². The number of nitrogens with one attached hydrogen (secondary N) is 2. The van der Waals surface area contributed by atoms with E-state index in [2.05, 4.69) is 31.5 Å². The van der Waals surface area contributed by atoms with Gasteiger partial charge in [0.05, 0.1) is 6.33 Å². The van der Waals surface area contributed by atoms with Gasteiger partial charge in [0.1, 0.15) is 5.52 Å². The molecule has 0 bridgehead atoms. The van der Waals surface area contributed by atoms with Crippen LogP contribution in [-0.2, 0) is 0 Å². The summed E-state index contributed by atoms with van der Waals surface area (Å²) in [7, 11) is 0. The summed E-state index contributed by atoms with van der Waals surface area (Å²) in [5.74, 6) is 0.992.